The van der Waals surface area contributed by atoms with Gasteiger partial charge in [-0.05, 0) is 31.7 Å². The van der Waals surface area contributed by atoms with Crippen molar-refractivity contribution >= 4 is 0 Å². The van der Waals surface area contributed by atoms with Gasteiger partial charge in [-0.25, -0.2) is 0 Å². The molecule has 0 saturated carbocycles. The minimum absolute atomic E-state index is 0.0961. The van der Waals surface area contributed by atoms with Crippen molar-refractivity contribution < 1.29 is 4.74 Å². The summed E-state index contributed by atoms with van der Waals surface area (Å²) in [5, 5.41) is 3.76. The monoisotopic (exact) mass is 169 g/mol. The van der Waals surface area contributed by atoms with Gasteiger partial charge in [-0.1, -0.05) is 12.0 Å². The van der Waals surface area contributed by atoms with Crippen molar-refractivity contribution in [1.82, 2.24) is 0 Å². The maximum atomic E-state index is 8.32. The number of rotatable bonds is 1. The van der Waals surface area contributed by atoms with E-state index in [1.54, 1.807) is 0 Å². The number of azide groups is 1. The molecule has 1 fully saturated rings. The van der Waals surface area contributed by atoms with Crippen molar-refractivity contribution in [1.29, 1.82) is 0 Å². The molecule has 0 N–H and O–H groups in total. The molecule has 1 rings (SSSR count). The predicted octanol–water partition coefficient (Wildman–Crippen LogP) is 2.50. The third-order valence-electron chi connectivity index (χ3n) is 2.29. The molecule has 4 heteroatoms. The zero-order valence-corrected chi connectivity index (χ0v) is 7.82. The van der Waals surface area contributed by atoms with Crippen molar-refractivity contribution in [2.75, 3.05) is 6.61 Å². The van der Waals surface area contributed by atoms with Crippen molar-refractivity contribution in [2.45, 2.75) is 38.8 Å². The highest BCUT2D eigenvalue weighted by Crippen LogP contribution is 2.29. The Labute approximate surface area is 72.5 Å². The first-order valence-corrected chi connectivity index (χ1v) is 4.23. The summed E-state index contributed by atoms with van der Waals surface area (Å²) in [7, 11) is 0. The number of hydrogen-bond donors (Lipinski definition) is 0. The van der Waals surface area contributed by atoms with Crippen LogP contribution in [0.2, 0.25) is 0 Å². The van der Waals surface area contributed by atoms with Crippen LogP contribution in [0.25, 0.3) is 10.4 Å². The Morgan fingerprint density at radius 1 is 1.58 bits per heavy atom. The van der Waals surface area contributed by atoms with Crippen LogP contribution in [0.5, 0.6) is 0 Å². The van der Waals surface area contributed by atoms with Crippen LogP contribution in [0.4, 0.5) is 0 Å². The molecule has 12 heavy (non-hydrogen) atoms. The molecule has 68 valence electrons. The molecular formula is C8H15N3O. The SMILES string of the molecule is C[C@H]1COC(C)(C)C[C@H]1N=[N+]=[N-]. The Balaban J connectivity index is 2.65. The molecule has 0 aromatic carbocycles. The summed E-state index contributed by atoms with van der Waals surface area (Å²) in [6.07, 6.45) is 0.818. The van der Waals surface area contributed by atoms with E-state index >= 15 is 0 Å². The third-order valence-corrected chi connectivity index (χ3v) is 2.29. The third kappa shape index (κ3) is 2.13. The summed E-state index contributed by atoms with van der Waals surface area (Å²) in [6.45, 7) is 6.79. The maximum Gasteiger partial charge on any atom is 0.0630 e. The van der Waals surface area contributed by atoms with Crippen LogP contribution in [0, 0.1) is 5.92 Å². The van der Waals surface area contributed by atoms with Crippen LogP contribution in [0.15, 0.2) is 5.11 Å². The zero-order chi connectivity index (χ0) is 9.19. The van der Waals surface area contributed by atoms with E-state index in [2.05, 4.69) is 16.9 Å². The summed E-state index contributed by atoms with van der Waals surface area (Å²) >= 11 is 0. The summed E-state index contributed by atoms with van der Waals surface area (Å²) in [6, 6.07) is 0.0961. The first-order valence-electron chi connectivity index (χ1n) is 4.23. The zero-order valence-electron chi connectivity index (χ0n) is 7.82. The Morgan fingerprint density at radius 3 is 2.83 bits per heavy atom. The van der Waals surface area contributed by atoms with Gasteiger partial charge in [0.2, 0.25) is 0 Å². The van der Waals surface area contributed by atoms with Crippen LogP contribution in [0.3, 0.4) is 0 Å². The lowest BCUT2D eigenvalue weighted by Crippen LogP contribution is -2.40. The van der Waals surface area contributed by atoms with Crippen LogP contribution < -0.4 is 0 Å². The van der Waals surface area contributed by atoms with Crippen molar-refractivity contribution in [3.05, 3.63) is 10.4 Å². The van der Waals surface area contributed by atoms with Crippen LogP contribution in [0.1, 0.15) is 27.2 Å². The standard InChI is InChI=1S/C8H15N3O/c1-6-5-12-8(2,3)4-7(6)10-11-9/h6-7H,4-5H2,1-3H3/t6-,7+/m0/s1. The first-order chi connectivity index (χ1) is 5.55. The summed E-state index contributed by atoms with van der Waals surface area (Å²) in [5.41, 5.74) is 8.19. The molecule has 0 unspecified atom stereocenters. The number of nitrogens with zero attached hydrogens (tertiary/aromatic N) is 3. The lowest BCUT2D eigenvalue weighted by atomic mass is 9.88. The van der Waals surface area contributed by atoms with Crippen molar-refractivity contribution in [3.8, 4) is 0 Å². The second kappa shape index (κ2) is 3.33. The Kier molecular flexibility index (Phi) is 2.60. The molecule has 2 atom stereocenters. The Bertz CT molecular complexity index is 208. The minimum atomic E-state index is -0.134. The average Bonchev–Trinajstić information content (AvgIpc) is 1.97. The highest BCUT2D eigenvalue weighted by atomic mass is 16.5. The fourth-order valence-electron chi connectivity index (χ4n) is 1.45. The molecule has 0 bridgehead atoms. The van der Waals surface area contributed by atoms with Crippen molar-refractivity contribution in [2.24, 2.45) is 11.0 Å². The molecule has 1 aliphatic heterocycles. The molecule has 1 aliphatic rings. The molecule has 1 heterocycles. The number of ether oxygens (including phenoxy) is 1. The highest BCUT2D eigenvalue weighted by Gasteiger charge is 2.32. The molecule has 0 aliphatic carbocycles. The quantitative estimate of drug-likeness (QED) is 0.338. The largest absolute Gasteiger partial charge is 0.375 e. The lowest BCUT2D eigenvalue weighted by Gasteiger charge is -2.37. The molecule has 0 aromatic heterocycles. The second-order valence-electron chi connectivity index (χ2n) is 4.02. The molecule has 0 amide bonds. The fraction of sp³-hybridized carbons (Fsp3) is 1.00. The van der Waals surface area contributed by atoms with E-state index in [0.717, 1.165) is 6.42 Å². The molecule has 0 spiro atoms. The van der Waals surface area contributed by atoms with E-state index in [1.165, 1.54) is 0 Å². The van der Waals surface area contributed by atoms with E-state index in [9.17, 15) is 0 Å². The van der Waals surface area contributed by atoms with Gasteiger partial charge in [-0.2, -0.15) is 0 Å². The fourth-order valence-corrected chi connectivity index (χ4v) is 1.45. The second-order valence-corrected chi connectivity index (χ2v) is 4.02. The lowest BCUT2D eigenvalue weighted by molar-refractivity contribution is -0.0806. The minimum Gasteiger partial charge on any atom is -0.375 e. The van der Waals surface area contributed by atoms with Gasteiger partial charge >= 0.3 is 0 Å². The van der Waals surface area contributed by atoms with Gasteiger partial charge in [0.15, 0.2) is 0 Å². The van der Waals surface area contributed by atoms with Crippen molar-refractivity contribution in [3.63, 3.8) is 0 Å². The van der Waals surface area contributed by atoms with Gasteiger partial charge in [0, 0.05) is 11.0 Å². The molecule has 0 aromatic rings. The Morgan fingerprint density at radius 2 is 2.25 bits per heavy atom. The van der Waals surface area contributed by atoms with E-state index in [1.807, 2.05) is 13.8 Å². The Hall–Kier alpha value is -0.730. The van der Waals surface area contributed by atoms with Gasteiger partial charge in [0.05, 0.1) is 12.2 Å². The summed E-state index contributed by atoms with van der Waals surface area (Å²) in [5.74, 6) is 0.342. The van der Waals surface area contributed by atoms with Crippen LogP contribution >= 0.6 is 0 Å². The van der Waals surface area contributed by atoms with Gasteiger partial charge < -0.3 is 4.74 Å². The van der Waals surface area contributed by atoms with E-state index in [4.69, 9.17) is 10.3 Å². The summed E-state index contributed by atoms with van der Waals surface area (Å²) in [4.78, 5) is 2.84. The van der Waals surface area contributed by atoms with E-state index in [0.29, 0.717) is 12.5 Å². The van der Waals surface area contributed by atoms with Gasteiger partial charge in [0.1, 0.15) is 0 Å². The van der Waals surface area contributed by atoms with Gasteiger partial charge in [-0.15, -0.1) is 0 Å². The van der Waals surface area contributed by atoms with Crippen LogP contribution in [-0.2, 0) is 4.74 Å². The number of hydrogen-bond acceptors (Lipinski definition) is 2. The smallest absolute Gasteiger partial charge is 0.0630 e. The average molecular weight is 169 g/mol. The highest BCUT2D eigenvalue weighted by molar-refractivity contribution is 4.86. The van der Waals surface area contributed by atoms with E-state index in [-0.39, 0.29) is 11.6 Å². The van der Waals surface area contributed by atoms with Gasteiger partial charge in [-0.3, -0.25) is 0 Å². The molecule has 0 radical (unpaired) electrons. The summed E-state index contributed by atoms with van der Waals surface area (Å²) < 4.78 is 5.57. The topological polar surface area (TPSA) is 58.0 Å². The predicted molar refractivity (Wildman–Crippen MR) is 46.7 cm³/mol. The van der Waals surface area contributed by atoms with Crippen LogP contribution in [-0.4, -0.2) is 18.2 Å². The first kappa shape index (κ1) is 9.36. The normalized spacial score (nSPS) is 33.9. The molecule has 4 nitrogen and oxygen atoms in total. The van der Waals surface area contributed by atoms with E-state index < -0.39 is 0 Å². The maximum absolute atomic E-state index is 8.32. The molecule has 1 saturated heterocycles. The van der Waals surface area contributed by atoms with Gasteiger partial charge in [0.25, 0.3) is 0 Å². The molecular weight excluding hydrogens is 154 g/mol.